The number of nitrogens with zero attached hydrogens (tertiary/aromatic N) is 4. The molecule has 0 aromatic rings. The maximum absolute atomic E-state index is 2.44. The fourth-order valence-electron chi connectivity index (χ4n) is 1.92. The van der Waals surface area contributed by atoms with E-state index in [-0.39, 0.29) is 0 Å². The van der Waals surface area contributed by atoms with Crippen molar-refractivity contribution in [2.24, 2.45) is 0 Å². The topological polar surface area (TPSA) is 13.0 Å². The average molecular weight is 126 g/mol. The lowest BCUT2D eigenvalue weighted by Crippen LogP contribution is -2.45. The number of rotatable bonds is 0. The molecule has 0 radical (unpaired) electrons. The lowest BCUT2D eigenvalue weighted by atomic mass is 10.6. The van der Waals surface area contributed by atoms with Crippen molar-refractivity contribution >= 4 is 0 Å². The van der Waals surface area contributed by atoms with E-state index in [1.54, 1.807) is 0 Å². The molecule has 0 saturated carbocycles. The number of hydrogen-bond acceptors (Lipinski definition) is 4. The smallest absolute Gasteiger partial charge is 0.0687 e. The zero-order chi connectivity index (χ0) is 5.84. The van der Waals surface area contributed by atoms with E-state index in [0.29, 0.717) is 0 Å². The van der Waals surface area contributed by atoms with Crippen molar-refractivity contribution in [2.75, 3.05) is 33.3 Å². The predicted octanol–water partition coefficient (Wildman–Crippen LogP) is -1.06. The van der Waals surface area contributed by atoms with E-state index >= 15 is 0 Å². The van der Waals surface area contributed by atoms with Gasteiger partial charge >= 0.3 is 0 Å². The molecule has 4 saturated heterocycles. The molecule has 0 N–H and O–H groups in total. The van der Waals surface area contributed by atoms with Crippen LogP contribution in [0.2, 0.25) is 0 Å². The van der Waals surface area contributed by atoms with Crippen LogP contribution in [0.25, 0.3) is 0 Å². The molecule has 50 valence electrons. The SMILES string of the molecule is C1N2CN3CN1CN3C2. The molecule has 0 spiro atoms. The van der Waals surface area contributed by atoms with E-state index in [0.717, 1.165) is 26.7 Å². The molecule has 4 rings (SSSR count). The standard InChI is InChI=1S/C5H10N4/c1-6-2-8-4-7(1)5-9(8)3-6/h1-5H2. The van der Waals surface area contributed by atoms with Crippen molar-refractivity contribution in [1.29, 1.82) is 0 Å². The highest BCUT2D eigenvalue weighted by Gasteiger charge is 2.41. The first-order valence-electron chi connectivity index (χ1n) is 3.36. The Morgan fingerprint density at radius 2 is 1.00 bits per heavy atom. The van der Waals surface area contributed by atoms with E-state index in [9.17, 15) is 0 Å². The molecule has 0 aromatic carbocycles. The largest absolute Gasteiger partial charge is 0.262 e. The van der Waals surface area contributed by atoms with Crippen LogP contribution in [-0.4, -0.2) is 53.2 Å². The van der Waals surface area contributed by atoms with Gasteiger partial charge in [0.15, 0.2) is 0 Å². The molecule has 9 heavy (non-hydrogen) atoms. The molecule has 4 heterocycles. The monoisotopic (exact) mass is 126 g/mol. The Labute approximate surface area is 54.2 Å². The molecular formula is C5H10N4. The van der Waals surface area contributed by atoms with Crippen molar-refractivity contribution in [2.45, 2.75) is 0 Å². The van der Waals surface area contributed by atoms with Crippen LogP contribution >= 0.6 is 0 Å². The van der Waals surface area contributed by atoms with E-state index in [1.165, 1.54) is 6.67 Å². The summed E-state index contributed by atoms with van der Waals surface area (Å²) in [4.78, 5) is 4.88. The minimum Gasteiger partial charge on any atom is -0.262 e. The van der Waals surface area contributed by atoms with Gasteiger partial charge in [-0.15, -0.1) is 0 Å². The highest BCUT2D eigenvalue weighted by Crippen LogP contribution is 2.24. The second kappa shape index (κ2) is 1.29. The normalized spacial score (nSPS) is 61.3. The Kier molecular flexibility index (Phi) is 0.665. The van der Waals surface area contributed by atoms with Crippen LogP contribution in [-0.2, 0) is 0 Å². The molecule has 4 bridgehead atoms. The van der Waals surface area contributed by atoms with Crippen LogP contribution in [0.3, 0.4) is 0 Å². The van der Waals surface area contributed by atoms with Crippen LogP contribution in [0, 0.1) is 0 Å². The Morgan fingerprint density at radius 3 is 1.33 bits per heavy atom. The number of hydrazine groups is 1. The zero-order valence-corrected chi connectivity index (χ0v) is 5.32. The van der Waals surface area contributed by atoms with Gasteiger partial charge in [-0.05, 0) is 0 Å². The molecule has 0 aromatic heterocycles. The highest BCUT2D eigenvalue weighted by atomic mass is 15.9. The van der Waals surface area contributed by atoms with Crippen LogP contribution in [0.5, 0.6) is 0 Å². The molecule has 0 aliphatic carbocycles. The molecule has 4 heteroatoms. The van der Waals surface area contributed by atoms with E-state index in [2.05, 4.69) is 19.8 Å². The molecule has 4 aliphatic rings. The molecule has 0 atom stereocenters. The quantitative estimate of drug-likeness (QED) is 0.410. The molecule has 0 amide bonds. The van der Waals surface area contributed by atoms with Crippen molar-refractivity contribution < 1.29 is 0 Å². The summed E-state index contributed by atoms with van der Waals surface area (Å²) in [6, 6.07) is 0. The number of hydrogen-bond donors (Lipinski definition) is 0. The lowest BCUT2D eigenvalue weighted by molar-refractivity contribution is 0.0730. The fourth-order valence-corrected chi connectivity index (χ4v) is 1.92. The van der Waals surface area contributed by atoms with Gasteiger partial charge in [-0.3, -0.25) is 9.80 Å². The van der Waals surface area contributed by atoms with Gasteiger partial charge in [-0.2, -0.15) is 0 Å². The van der Waals surface area contributed by atoms with Gasteiger partial charge in [-0.25, -0.2) is 10.0 Å². The summed E-state index contributed by atoms with van der Waals surface area (Å²) >= 11 is 0. The maximum Gasteiger partial charge on any atom is 0.0687 e. The van der Waals surface area contributed by atoms with Crippen LogP contribution in [0.15, 0.2) is 0 Å². The average Bonchev–Trinajstić information content (AvgIpc) is 2.20. The Bertz CT molecular complexity index is 114. The lowest BCUT2D eigenvalue weighted by Gasteiger charge is -2.29. The van der Waals surface area contributed by atoms with Gasteiger partial charge < -0.3 is 0 Å². The molecule has 4 nitrogen and oxygen atoms in total. The van der Waals surface area contributed by atoms with Gasteiger partial charge in [0.25, 0.3) is 0 Å². The summed E-state index contributed by atoms with van der Waals surface area (Å²) in [5, 5.41) is 4.78. The van der Waals surface area contributed by atoms with Gasteiger partial charge in [-0.1, -0.05) is 0 Å². The van der Waals surface area contributed by atoms with E-state index in [1.807, 2.05) is 0 Å². The predicted molar refractivity (Wildman–Crippen MR) is 31.7 cm³/mol. The minimum absolute atomic E-state index is 1.16. The Morgan fingerprint density at radius 1 is 0.556 bits per heavy atom. The molecule has 4 fully saturated rings. The van der Waals surface area contributed by atoms with E-state index in [4.69, 9.17) is 0 Å². The van der Waals surface area contributed by atoms with Crippen LogP contribution < -0.4 is 0 Å². The molecular weight excluding hydrogens is 116 g/mol. The minimum atomic E-state index is 1.16. The summed E-state index contributed by atoms with van der Waals surface area (Å²) in [5.41, 5.74) is 0. The van der Waals surface area contributed by atoms with E-state index < -0.39 is 0 Å². The summed E-state index contributed by atoms with van der Waals surface area (Å²) in [5.74, 6) is 0. The maximum atomic E-state index is 2.44. The summed E-state index contributed by atoms with van der Waals surface area (Å²) in [6.45, 7) is 5.84. The fraction of sp³-hybridized carbons (Fsp3) is 1.00. The van der Waals surface area contributed by atoms with Gasteiger partial charge in [0.05, 0.1) is 33.3 Å². The third-order valence-corrected chi connectivity index (χ3v) is 2.25. The summed E-state index contributed by atoms with van der Waals surface area (Å²) in [7, 11) is 0. The van der Waals surface area contributed by atoms with Crippen molar-refractivity contribution in [3.8, 4) is 0 Å². The highest BCUT2D eigenvalue weighted by molar-refractivity contribution is 4.80. The second-order valence-electron chi connectivity index (χ2n) is 3.06. The van der Waals surface area contributed by atoms with Crippen molar-refractivity contribution in [1.82, 2.24) is 19.8 Å². The zero-order valence-electron chi connectivity index (χ0n) is 5.32. The third kappa shape index (κ3) is 0.470. The first-order chi connectivity index (χ1) is 4.42. The van der Waals surface area contributed by atoms with Gasteiger partial charge in [0.1, 0.15) is 0 Å². The Hall–Kier alpha value is -0.160. The molecule has 0 unspecified atom stereocenters. The first kappa shape index (κ1) is 4.62. The van der Waals surface area contributed by atoms with Crippen LogP contribution in [0.4, 0.5) is 0 Å². The van der Waals surface area contributed by atoms with Crippen LogP contribution in [0.1, 0.15) is 0 Å². The molecule has 4 aliphatic heterocycles. The third-order valence-electron chi connectivity index (χ3n) is 2.25. The van der Waals surface area contributed by atoms with Gasteiger partial charge in [0, 0.05) is 0 Å². The first-order valence-corrected chi connectivity index (χ1v) is 3.36. The summed E-state index contributed by atoms with van der Waals surface area (Å²) < 4.78 is 0. The second-order valence-corrected chi connectivity index (χ2v) is 3.06. The van der Waals surface area contributed by atoms with Crippen molar-refractivity contribution in [3.63, 3.8) is 0 Å². The van der Waals surface area contributed by atoms with Crippen molar-refractivity contribution in [3.05, 3.63) is 0 Å². The van der Waals surface area contributed by atoms with Gasteiger partial charge in [0.2, 0.25) is 0 Å². The summed E-state index contributed by atoms with van der Waals surface area (Å²) in [6.07, 6.45) is 0. The Balaban J connectivity index is 2.00.